The van der Waals surface area contributed by atoms with E-state index in [-0.39, 0.29) is 24.0 Å². The highest BCUT2D eigenvalue weighted by Gasteiger charge is 2.28. The molecule has 0 aliphatic carbocycles. The molecule has 1 unspecified atom stereocenters. The molecule has 1 N–H and O–H groups in total. The summed E-state index contributed by atoms with van der Waals surface area (Å²) in [6.07, 6.45) is 2.65. The minimum absolute atomic E-state index is 0. The van der Waals surface area contributed by atoms with Crippen LogP contribution >= 0.6 is 35.7 Å². The maximum absolute atomic E-state index is 4.96. The zero-order valence-corrected chi connectivity index (χ0v) is 17.7. The van der Waals surface area contributed by atoms with Gasteiger partial charge in [-0.2, -0.15) is 11.8 Å². The van der Waals surface area contributed by atoms with Crippen LogP contribution in [-0.2, 0) is 0 Å². The first kappa shape index (κ1) is 20.4. The van der Waals surface area contributed by atoms with Gasteiger partial charge in [-0.05, 0) is 53.1 Å². The second-order valence-electron chi connectivity index (χ2n) is 6.99. The first-order chi connectivity index (χ1) is 10.00. The number of piperidine rings is 1. The fourth-order valence-electron chi connectivity index (χ4n) is 3.26. The van der Waals surface area contributed by atoms with Crippen molar-refractivity contribution in [2.24, 2.45) is 10.9 Å². The largest absolute Gasteiger partial charge is 0.357 e. The van der Waals surface area contributed by atoms with Crippen molar-refractivity contribution < 1.29 is 0 Å². The van der Waals surface area contributed by atoms with E-state index in [1.54, 1.807) is 0 Å². The number of nitrogens with one attached hydrogen (secondary N) is 1. The highest BCUT2D eigenvalue weighted by molar-refractivity contribution is 14.0. The van der Waals surface area contributed by atoms with Crippen molar-refractivity contribution in [3.63, 3.8) is 0 Å². The molecule has 22 heavy (non-hydrogen) atoms. The Morgan fingerprint density at radius 1 is 1.36 bits per heavy atom. The van der Waals surface area contributed by atoms with Crippen LogP contribution in [0.25, 0.3) is 0 Å². The minimum Gasteiger partial charge on any atom is -0.357 e. The van der Waals surface area contributed by atoms with Crippen molar-refractivity contribution >= 4 is 41.7 Å². The number of likely N-dealkylation sites (tertiary alicyclic amines) is 1. The van der Waals surface area contributed by atoms with Crippen molar-refractivity contribution in [2.75, 3.05) is 52.1 Å². The molecule has 2 aliphatic heterocycles. The van der Waals surface area contributed by atoms with E-state index in [4.69, 9.17) is 4.99 Å². The maximum Gasteiger partial charge on any atom is 0.193 e. The first-order valence-electron chi connectivity index (χ1n) is 8.36. The van der Waals surface area contributed by atoms with E-state index >= 15 is 0 Å². The molecule has 0 aromatic heterocycles. The third-order valence-corrected chi connectivity index (χ3v) is 5.58. The van der Waals surface area contributed by atoms with Gasteiger partial charge in [0.1, 0.15) is 0 Å². The zero-order valence-electron chi connectivity index (χ0n) is 14.6. The van der Waals surface area contributed by atoms with Crippen molar-refractivity contribution in [3.8, 4) is 0 Å². The fraction of sp³-hybridized carbons (Fsp3) is 0.938. The molecule has 2 fully saturated rings. The van der Waals surface area contributed by atoms with Gasteiger partial charge in [0, 0.05) is 43.2 Å². The molecule has 0 amide bonds. The van der Waals surface area contributed by atoms with Crippen LogP contribution in [0.5, 0.6) is 0 Å². The van der Waals surface area contributed by atoms with Gasteiger partial charge < -0.3 is 15.1 Å². The molecule has 0 aromatic rings. The summed E-state index contributed by atoms with van der Waals surface area (Å²) >= 11 is 2.07. The highest BCUT2D eigenvalue weighted by Crippen LogP contribution is 2.29. The van der Waals surface area contributed by atoms with Gasteiger partial charge in [0.15, 0.2) is 5.96 Å². The predicted molar refractivity (Wildman–Crippen MR) is 110 cm³/mol. The van der Waals surface area contributed by atoms with Gasteiger partial charge >= 0.3 is 0 Å². The summed E-state index contributed by atoms with van der Waals surface area (Å²) in [5, 5.41) is 3.49. The molecular formula is C16H33IN4S. The van der Waals surface area contributed by atoms with Gasteiger partial charge in [0.25, 0.3) is 0 Å². The third-order valence-electron chi connectivity index (χ3n) is 4.28. The summed E-state index contributed by atoms with van der Waals surface area (Å²) in [6, 6.07) is 0. The Labute approximate surface area is 157 Å². The van der Waals surface area contributed by atoms with Crippen LogP contribution in [0.2, 0.25) is 0 Å². The zero-order chi connectivity index (χ0) is 15.3. The summed E-state index contributed by atoms with van der Waals surface area (Å²) in [5.74, 6) is 3.05. The Balaban J connectivity index is 0.00000242. The number of nitrogens with zero attached hydrogens (tertiary/aromatic N) is 3. The van der Waals surface area contributed by atoms with Crippen molar-refractivity contribution in [1.29, 1.82) is 0 Å². The second kappa shape index (κ2) is 9.57. The summed E-state index contributed by atoms with van der Waals surface area (Å²) < 4.78 is 0.333. The van der Waals surface area contributed by atoms with E-state index in [9.17, 15) is 0 Å². The van der Waals surface area contributed by atoms with Gasteiger partial charge in [-0.3, -0.25) is 4.99 Å². The molecule has 0 saturated carbocycles. The SMILES string of the molecule is CCNC(=NCC1CCCN(C)C1)N1CCSC(C)(C)C1.I. The molecule has 2 saturated heterocycles. The second-order valence-corrected chi connectivity index (χ2v) is 8.80. The van der Waals surface area contributed by atoms with E-state index in [2.05, 4.69) is 54.7 Å². The molecule has 1 atom stereocenters. The standard InChI is InChI=1S/C16H32N4S.HI/c1-5-17-15(20-9-10-21-16(2,3)13-20)18-11-14-7-6-8-19(4)12-14;/h14H,5-13H2,1-4H3,(H,17,18);1H. The average molecular weight is 440 g/mol. The van der Waals surface area contributed by atoms with Gasteiger partial charge in [-0.25, -0.2) is 0 Å². The smallest absolute Gasteiger partial charge is 0.193 e. The maximum atomic E-state index is 4.96. The molecule has 0 aromatic carbocycles. The summed E-state index contributed by atoms with van der Waals surface area (Å²) in [4.78, 5) is 9.85. The Kier molecular flexibility index (Phi) is 8.85. The van der Waals surface area contributed by atoms with E-state index in [1.807, 2.05) is 0 Å². The summed E-state index contributed by atoms with van der Waals surface area (Å²) in [7, 11) is 2.23. The molecule has 0 radical (unpaired) electrons. The van der Waals surface area contributed by atoms with E-state index in [0.29, 0.717) is 4.75 Å². The Bertz CT molecular complexity index is 362. The number of hydrogen-bond donors (Lipinski definition) is 1. The minimum atomic E-state index is 0. The Hall–Kier alpha value is 0.310. The monoisotopic (exact) mass is 440 g/mol. The third kappa shape index (κ3) is 6.43. The van der Waals surface area contributed by atoms with E-state index in [1.165, 1.54) is 31.7 Å². The van der Waals surface area contributed by atoms with Crippen LogP contribution in [0, 0.1) is 5.92 Å². The van der Waals surface area contributed by atoms with E-state index < -0.39 is 0 Å². The Morgan fingerprint density at radius 2 is 2.14 bits per heavy atom. The topological polar surface area (TPSA) is 30.9 Å². The van der Waals surface area contributed by atoms with Crippen LogP contribution in [0.4, 0.5) is 0 Å². The molecular weight excluding hydrogens is 407 g/mol. The lowest BCUT2D eigenvalue weighted by Crippen LogP contribution is -2.51. The lowest BCUT2D eigenvalue weighted by Gasteiger charge is -2.39. The predicted octanol–water partition coefficient (Wildman–Crippen LogP) is 2.74. The fourth-order valence-corrected chi connectivity index (χ4v) is 4.37. The lowest BCUT2D eigenvalue weighted by molar-refractivity contribution is 0.214. The number of halogens is 1. The molecule has 2 rings (SSSR count). The quantitative estimate of drug-likeness (QED) is 0.416. The number of thioether (sulfide) groups is 1. The number of aliphatic imine (C=N–C) groups is 1. The molecule has 0 bridgehead atoms. The summed E-state index contributed by atoms with van der Waals surface area (Å²) in [5.41, 5.74) is 0. The first-order valence-corrected chi connectivity index (χ1v) is 9.34. The van der Waals surface area contributed by atoms with Gasteiger partial charge in [-0.1, -0.05) is 0 Å². The van der Waals surface area contributed by atoms with Crippen LogP contribution in [0.15, 0.2) is 4.99 Å². The molecule has 0 spiro atoms. The lowest BCUT2D eigenvalue weighted by atomic mass is 9.99. The number of guanidine groups is 1. The van der Waals surface area contributed by atoms with Crippen molar-refractivity contribution in [2.45, 2.75) is 38.4 Å². The number of hydrogen-bond acceptors (Lipinski definition) is 3. The van der Waals surface area contributed by atoms with Crippen molar-refractivity contribution in [3.05, 3.63) is 0 Å². The molecule has 2 heterocycles. The Morgan fingerprint density at radius 3 is 2.77 bits per heavy atom. The number of rotatable bonds is 3. The normalized spacial score (nSPS) is 26.5. The molecule has 2 aliphatic rings. The summed E-state index contributed by atoms with van der Waals surface area (Å²) in [6.45, 7) is 13.4. The van der Waals surface area contributed by atoms with Gasteiger partial charge in [0.2, 0.25) is 0 Å². The van der Waals surface area contributed by atoms with Crippen molar-refractivity contribution in [1.82, 2.24) is 15.1 Å². The molecule has 6 heteroatoms. The van der Waals surface area contributed by atoms with Crippen LogP contribution in [-0.4, -0.2) is 72.6 Å². The molecule has 4 nitrogen and oxygen atoms in total. The highest BCUT2D eigenvalue weighted by atomic mass is 127. The van der Waals surface area contributed by atoms with Crippen LogP contribution < -0.4 is 5.32 Å². The van der Waals surface area contributed by atoms with Gasteiger partial charge in [-0.15, -0.1) is 24.0 Å². The van der Waals surface area contributed by atoms with Gasteiger partial charge in [0.05, 0.1) is 0 Å². The average Bonchev–Trinajstić information content (AvgIpc) is 2.42. The molecule has 130 valence electrons. The van der Waals surface area contributed by atoms with Crippen LogP contribution in [0.3, 0.4) is 0 Å². The van der Waals surface area contributed by atoms with E-state index in [0.717, 1.165) is 38.1 Å². The van der Waals surface area contributed by atoms with Crippen LogP contribution in [0.1, 0.15) is 33.6 Å².